The lowest BCUT2D eigenvalue weighted by Gasteiger charge is -2.38. The molecule has 362 valence electrons. The Morgan fingerprint density at radius 2 is 1.17 bits per heavy atom. The van der Waals surface area contributed by atoms with Crippen LogP contribution in [0.5, 0.6) is 5.75 Å². The van der Waals surface area contributed by atoms with Gasteiger partial charge in [0.15, 0.2) is 0 Å². The van der Waals surface area contributed by atoms with Crippen molar-refractivity contribution < 1.29 is 61.9 Å². The molecule has 0 radical (unpaired) electrons. The van der Waals surface area contributed by atoms with Crippen molar-refractivity contribution in [1.82, 2.24) is 0 Å². The first kappa shape index (κ1) is 53.2. The zero-order chi connectivity index (χ0) is 48.2. The van der Waals surface area contributed by atoms with E-state index in [1.807, 2.05) is 12.1 Å². The van der Waals surface area contributed by atoms with Gasteiger partial charge in [0.1, 0.15) is 37.6 Å². The topological polar surface area (TPSA) is 167 Å². The predicted molar refractivity (Wildman–Crippen MR) is 249 cm³/mol. The van der Waals surface area contributed by atoms with Crippen LogP contribution < -0.4 is 4.74 Å². The standard InChI is InChI=1S/C53H72O13/c1-9-11-12-14-37-16-18-39(19-17-37)40-20-22-41(23-21-40)42-24-26-45(38(10-2)29-42)43-25-27-46(44(30-43)15-13-28-62-47(54)35(3)4)63-31-53(32-64-48(55)36(5)6,33-65-51(58)49(56)60-7)34-66-52(59)50(57)61-8/h24-27,29-30,37,39-41H,3,5,9-23,28,31-34H2,1-2,4,6-8H3. The van der Waals surface area contributed by atoms with Gasteiger partial charge in [0.25, 0.3) is 0 Å². The van der Waals surface area contributed by atoms with E-state index in [4.69, 9.17) is 23.7 Å². The third kappa shape index (κ3) is 15.9. The summed E-state index contributed by atoms with van der Waals surface area (Å²) < 4.78 is 36.7. The zero-order valence-corrected chi connectivity index (χ0v) is 40.1. The van der Waals surface area contributed by atoms with Gasteiger partial charge in [-0.15, -0.1) is 0 Å². The predicted octanol–water partition coefficient (Wildman–Crippen LogP) is 9.55. The van der Waals surface area contributed by atoms with Crippen molar-refractivity contribution in [3.63, 3.8) is 0 Å². The number of rotatable bonds is 23. The van der Waals surface area contributed by atoms with Gasteiger partial charge in [-0.25, -0.2) is 28.8 Å². The molecule has 0 atom stereocenters. The van der Waals surface area contributed by atoms with Crippen LogP contribution in [0.4, 0.5) is 0 Å². The largest absolute Gasteiger partial charge is 0.492 e. The minimum absolute atomic E-state index is 0.0562. The number of carbonyl (C=O) groups excluding carboxylic acids is 6. The fraction of sp³-hybridized carbons (Fsp3) is 0.585. The molecule has 2 aromatic rings. The molecule has 0 heterocycles. The van der Waals surface area contributed by atoms with Crippen LogP contribution in [0.25, 0.3) is 11.1 Å². The van der Waals surface area contributed by atoms with Crippen LogP contribution >= 0.6 is 0 Å². The van der Waals surface area contributed by atoms with Gasteiger partial charge in [-0.3, -0.25) is 0 Å². The summed E-state index contributed by atoms with van der Waals surface area (Å²) in [4.78, 5) is 73.8. The molecule has 0 unspecified atom stereocenters. The van der Waals surface area contributed by atoms with Crippen LogP contribution in [-0.4, -0.2) is 83.1 Å². The Morgan fingerprint density at radius 3 is 1.71 bits per heavy atom. The van der Waals surface area contributed by atoms with Crippen molar-refractivity contribution in [3.8, 4) is 16.9 Å². The van der Waals surface area contributed by atoms with Crippen molar-refractivity contribution in [3.05, 3.63) is 77.4 Å². The Labute approximate surface area is 391 Å². The molecule has 4 rings (SSSR count). The third-order valence-corrected chi connectivity index (χ3v) is 13.2. The minimum Gasteiger partial charge on any atom is -0.492 e. The highest BCUT2D eigenvalue weighted by Crippen LogP contribution is 2.45. The highest BCUT2D eigenvalue weighted by Gasteiger charge is 2.39. The summed E-state index contributed by atoms with van der Waals surface area (Å²) >= 11 is 0. The molecule has 2 fully saturated rings. The summed E-state index contributed by atoms with van der Waals surface area (Å²) in [5.74, 6) is -3.05. The molecule has 0 amide bonds. The van der Waals surface area contributed by atoms with E-state index in [0.29, 0.717) is 24.5 Å². The molecule has 0 bridgehead atoms. The molecule has 13 nitrogen and oxygen atoms in total. The van der Waals surface area contributed by atoms with Crippen molar-refractivity contribution in [2.24, 2.45) is 23.2 Å². The average Bonchev–Trinajstić information content (AvgIpc) is 3.34. The van der Waals surface area contributed by atoms with E-state index in [9.17, 15) is 28.8 Å². The van der Waals surface area contributed by atoms with Crippen LogP contribution in [0.1, 0.15) is 134 Å². The SMILES string of the molecule is C=C(C)C(=O)OCCCc1cc(-c2ccc(C3CCC(C4CCC(CCCCC)CC4)CC3)cc2CC)ccc1OCC(COC(=O)C(=C)C)(COC(=O)C(=O)OC)COC(=O)C(=O)OC. The maximum Gasteiger partial charge on any atom is 0.417 e. The summed E-state index contributed by atoms with van der Waals surface area (Å²) in [6, 6.07) is 12.6. The summed E-state index contributed by atoms with van der Waals surface area (Å²) in [5.41, 5.74) is 4.06. The van der Waals surface area contributed by atoms with Crippen LogP contribution in [-0.2, 0) is 70.0 Å². The molecule has 13 heteroatoms. The van der Waals surface area contributed by atoms with Gasteiger partial charge in [-0.2, -0.15) is 0 Å². The molecule has 0 spiro atoms. The number of hydrogen-bond donors (Lipinski definition) is 0. The Balaban J connectivity index is 1.59. The zero-order valence-electron chi connectivity index (χ0n) is 40.1. The maximum absolute atomic E-state index is 12.6. The van der Waals surface area contributed by atoms with E-state index in [0.717, 1.165) is 55.1 Å². The van der Waals surface area contributed by atoms with Crippen molar-refractivity contribution in [2.75, 3.05) is 47.3 Å². The molecular weight excluding hydrogens is 845 g/mol. The first-order chi connectivity index (χ1) is 31.6. The smallest absolute Gasteiger partial charge is 0.417 e. The van der Waals surface area contributed by atoms with Gasteiger partial charge in [0.05, 0.1) is 20.8 Å². The van der Waals surface area contributed by atoms with Crippen molar-refractivity contribution >= 4 is 35.8 Å². The monoisotopic (exact) mass is 916 g/mol. The van der Waals surface area contributed by atoms with Crippen molar-refractivity contribution in [1.29, 1.82) is 0 Å². The number of aryl methyl sites for hydroxylation is 2. The van der Waals surface area contributed by atoms with Gasteiger partial charge in [-0.05, 0) is 135 Å². The summed E-state index contributed by atoms with van der Waals surface area (Å²) in [5, 5.41) is 0. The molecule has 2 aliphatic carbocycles. The summed E-state index contributed by atoms with van der Waals surface area (Å²) in [6.07, 6.45) is 17.7. The van der Waals surface area contributed by atoms with Gasteiger partial charge < -0.3 is 33.2 Å². The van der Waals surface area contributed by atoms with E-state index in [2.05, 4.69) is 54.7 Å². The Kier molecular flexibility index (Phi) is 21.4. The molecule has 2 saturated carbocycles. The quantitative estimate of drug-likeness (QED) is 0.0340. The van der Waals surface area contributed by atoms with E-state index in [1.165, 1.54) is 95.1 Å². The molecule has 0 aromatic heterocycles. The Morgan fingerprint density at radius 1 is 0.606 bits per heavy atom. The lowest BCUT2D eigenvalue weighted by Crippen LogP contribution is -2.45. The minimum atomic E-state index is -1.66. The van der Waals surface area contributed by atoms with Crippen LogP contribution in [0.3, 0.4) is 0 Å². The van der Waals surface area contributed by atoms with Crippen molar-refractivity contribution in [2.45, 2.75) is 130 Å². The van der Waals surface area contributed by atoms with Gasteiger partial charge in [0, 0.05) is 11.1 Å². The first-order valence-corrected chi connectivity index (χ1v) is 23.7. The van der Waals surface area contributed by atoms with Crippen LogP contribution in [0.15, 0.2) is 60.7 Å². The van der Waals surface area contributed by atoms with Gasteiger partial charge in [0.2, 0.25) is 0 Å². The number of benzene rings is 2. The lowest BCUT2D eigenvalue weighted by atomic mass is 9.68. The van der Waals surface area contributed by atoms with E-state index >= 15 is 0 Å². The number of methoxy groups -OCH3 is 2. The molecule has 0 aliphatic heterocycles. The summed E-state index contributed by atoms with van der Waals surface area (Å²) in [6.45, 7) is 12.5. The fourth-order valence-electron chi connectivity index (χ4n) is 9.18. The second-order valence-electron chi connectivity index (χ2n) is 18.3. The lowest BCUT2D eigenvalue weighted by molar-refractivity contribution is -0.177. The fourth-order valence-corrected chi connectivity index (χ4v) is 9.18. The maximum atomic E-state index is 12.6. The molecule has 0 N–H and O–H groups in total. The van der Waals surface area contributed by atoms with Crippen LogP contribution in [0.2, 0.25) is 0 Å². The molecule has 66 heavy (non-hydrogen) atoms. The third-order valence-electron chi connectivity index (χ3n) is 13.2. The number of ether oxygens (including phenoxy) is 7. The Hall–Kier alpha value is -5.46. The molecular formula is C53H72O13. The molecule has 2 aromatic carbocycles. The second kappa shape index (κ2) is 26.6. The first-order valence-electron chi connectivity index (χ1n) is 23.7. The van der Waals surface area contributed by atoms with E-state index < -0.39 is 67.7 Å². The van der Waals surface area contributed by atoms with E-state index in [-0.39, 0.29) is 17.8 Å². The highest BCUT2D eigenvalue weighted by atomic mass is 16.6. The average molecular weight is 917 g/mol. The number of carbonyl (C=O) groups is 6. The molecule has 2 aliphatic rings. The normalized spacial score (nSPS) is 18.3. The van der Waals surface area contributed by atoms with Gasteiger partial charge in [-0.1, -0.05) is 89.8 Å². The second-order valence-corrected chi connectivity index (χ2v) is 18.3. The number of hydrogen-bond acceptors (Lipinski definition) is 13. The Bertz CT molecular complexity index is 1970. The number of unbranched alkanes of at least 4 members (excludes halogenated alkanes) is 2. The number of esters is 6. The highest BCUT2D eigenvalue weighted by molar-refractivity contribution is 6.30. The van der Waals surface area contributed by atoms with Gasteiger partial charge >= 0.3 is 35.8 Å². The summed E-state index contributed by atoms with van der Waals surface area (Å²) in [7, 11) is 2.00. The molecule has 0 saturated heterocycles. The van der Waals surface area contributed by atoms with Crippen LogP contribution in [0, 0.1) is 23.2 Å². The van der Waals surface area contributed by atoms with E-state index in [1.54, 1.807) is 13.0 Å².